The standard InChI is InChI=1S/C12H13N3OS/c1-8-5-3-4-6-10(8)7-13-12(16)11-9(2)14-15-17-11/h3-6H,7H2,1-2H3,(H,13,16). The monoisotopic (exact) mass is 247 g/mol. The number of aryl methyl sites for hydroxylation is 2. The van der Waals surface area contributed by atoms with Gasteiger partial charge in [0.1, 0.15) is 4.88 Å². The summed E-state index contributed by atoms with van der Waals surface area (Å²) >= 11 is 1.12. The van der Waals surface area contributed by atoms with Crippen molar-refractivity contribution < 1.29 is 4.79 Å². The predicted octanol–water partition coefficient (Wildman–Crippen LogP) is 2.08. The summed E-state index contributed by atoms with van der Waals surface area (Å²) in [7, 11) is 0. The number of carbonyl (C=O) groups is 1. The topological polar surface area (TPSA) is 54.9 Å². The van der Waals surface area contributed by atoms with Crippen LogP contribution >= 0.6 is 11.5 Å². The zero-order valence-corrected chi connectivity index (χ0v) is 10.5. The largest absolute Gasteiger partial charge is 0.347 e. The van der Waals surface area contributed by atoms with E-state index in [0.29, 0.717) is 17.1 Å². The summed E-state index contributed by atoms with van der Waals surface area (Å²) in [6.45, 7) is 4.34. The summed E-state index contributed by atoms with van der Waals surface area (Å²) < 4.78 is 3.75. The van der Waals surface area contributed by atoms with Crippen LogP contribution < -0.4 is 5.32 Å². The third-order valence-corrected chi connectivity index (χ3v) is 3.39. The van der Waals surface area contributed by atoms with Crippen molar-refractivity contribution in [3.05, 3.63) is 46.0 Å². The van der Waals surface area contributed by atoms with E-state index in [1.54, 1.807) is 6.92 Å². The van der Waals surface area contributed by atoms with Crippen molar-refractivity contribution in [1.29, 1.82) is 0 Å². The molecule has 1 aromatic heterocycles. The average molecular weight is 247 g/mol. The maximum Gasteiger partial charge on any atom is 0.265 e. The minimum Gasteiger partial charge on any atom is -0.347 e. The molecular weight excluding hydrogens is 234 g/mol. The van der Waals surface area contributed by atoms with Gasteiger partial charge in [0.2, 0.25) is 0 Å². The molecule has 0 bridgehead atoms. The number of hydrogen-bond donors (Lipinski definition) is 1. The third-order valence-electron chi connectivity index (χ3n) is 2.56. The second kappa shape index (κ2) is 5.05. The minimum atomic E-state index is -0.110. The Morgan fingerprint density at radius 2 is 2.12 bits per heavy atom. The Labute approximate surface area is 104 Å². The van der Waals surface area contributed by atoms with Crippen LogP contribution in [0.25, 0.3) is 0 Å². The SMILES string of the molecule is Cc1ccccc1CNC(=O)c1snnc1C. The van der Waals surface area contributed by atoms with E-state index < -0.39 is 0 Å². The lowest BCUT2D eigenvalue weighted by molar-refractivity contribution is 0.0954. The van der Waals surface area contributed by atoms with Crippen LogP contribution in [0.5, 0.6) is 0 Å². The quantitative estimate of drug-likeness (QED) is 0.903. The lowest BCUT2D eigenvalue weighted by atomic mass is 10.1. The summed E-state index contributed by atoms with van der Waals surface area (Å²) in [6, 6.07) is 7.99. The molecule has 0 radical (unpaired) electrons. The van der Waals surface area contributed by atoms with Gasteiger partial charge >= 0.3 is 0 Å². The molecule has 0 atom stereocenters. The van der Waals surface area contributed by atoms with Gasteiger partial charge in [0.25, 0.3) is 5.91 Å². The van der Waals surface area contributed by atoms with Crippen LogP contribution in [0.4, 0.5) is 0 Å². The van der Waals surface area contributed by atoms with Gasteiger partial charge in [-0.3, -0.25) is 4.79 Å². The highest BCUT2D eigenvalue weighted by atomic mass is 32.1. The molecule has 1 aromatic carbocycles. The second-order valence-electron chi connectivity index (χ2n) is 3.80. The molecule has 4 nitrogen and oxygen atoms in total. The Bertz CT molecular complexity index is 536. The number of benzene rings is 1. The van der Waals surface area contributed by atoms with Crippen LogP contribution in [0.3, 0.4) is 0 Å². The molecule has 0 saturated heterocycles. The number of aromatic nitrogens is 2. The van der Waals surface area contributed by atoms with E-state index in [9.17, 15) is 4.79 Å². The summed E-state index contributed by atoms with van der Waals surface area (Å²) in [4.78, 5) is 12.4. The lowest BCUT2D eigenvalue weighted by Gasteiger charge is -2.06. The van der Waals surface area contributed by atoms with Gasteiger partial charge in [0, 0.05) is 6.54 Å². The number of nitrogens with zero attached hydrogens (tertiary/aromatic N) is 2. The van der Waals surface area contributed by atoms with Gasteiger partial charge in [-0.2, -0.15) is 0 Å². The van der Waals surface area contributed by atoms with Crippen LogP contribution in [0.15, 0.2) is 24.3 Å². The van der Waals surface area contributed by atoms with Crippen molar-refractivity contribution in [3.63, 3.8) is 0 Å². The van der Waals surface area contributed by atoms with Crippen molar-refractivity contribution in [2.45, 2.75) is 20.4 Å². The van der Waals surface area contributed by atoms with Gasteiger partial charge in [-0.05, 0) is 36.5 Å². The molecule has 17 heavy (non-hydrogen) atoms. The van der Waals surface area contributed by atoms with Gasteiger partial charge in [0.05, 0.1) is 5.69 Å². The molecule has 2 aromatic rings. The first-order valence-electron chi connectivity index (χ1n) is 5.30. The number of amides is 1. The highest BCUT2D eigenvalue weighted by Crippen LogP contribution is 2.10. The van der Waals surface area contributed by atoms with E-state index in [0.717, 1.165) is 17.1 Å². The van der Waals surface area contributed by atoms with E-state index in [4.69, 9.17) is 0 Å². The van der Waals surface area contributed by atoms with Crippen LogP contribution in [-0.4, -0.2) is 15.5 Å². The molecule has 88 valence electrons. The van der Waals surface area contributed by atoms with E-state index in [2.05, 4.69) is 14.9 Å². The minimum absolute atomic E-state index is 0.110. The highest BCUT2D eigenvalue weighted by Gasteiger charge is 2.12. The summed E-state index contributed by atoms with van der Waals surface area (Å²) in [6.07, 6.45) is 0. The van der Waals surface area contributed by atoms with Crippen molar-refractivity contribution in [2.75, 3.05) is 0 Å². The molecule has 0 saturated carbocycles. The zero-order chi connectivity index (χ0) is 12.3. The van der Waals surface area contributed by atoms with Gasteiger partial charge in [-0.1, -0.05) is 28.8 Å². The Morgan fingerprint density at radius 3 is 2.76 bits per heavy atom. The normalized spacial score (nSPS) is 10.2. The second-order valence-corrected chi connectivity index (χ2v) is 4.55. The first kappa shape index (κ1) is 11.7. The van der Waals surface area contributed by atoms with E-state index in [1.807, 2.05) is 31.2 Å². The van der Waals surface area contributed by atoms with Gasteiger partial charge in [-0.15, -0.1) is 5.10 Å². The maximum absolute atomic E-state index is 11.8. The van der Waals surface area contributed by atoms with Crippen LogP contribution in [0, 0.1) is 13.8 Å². The molecule has 0 spiro atoms. The molecule has 0 aliphatic carbocycles. The molecule has 0 aliphatic rings. The smallest absolute Gasteiger partial charge is 0.265 e. The molecule has 1 amide bonds. The number of nitrogens with one attached hydrogen (secondary N) is 1. The van der Waals surface area contributed by atoms with Gasteiger partial charge < -0.3 is 5.32 Å². The van der Waals surface area contributed by atoms with Crippen LogP contribution in [0.1, 0.15) is 26.5 Å². The molecule has 0 unspecified atom stereocenters. The summed E-state index contributed by atoms with van der Waals surface area (Å²) in [5.41, 5.74) is 2.97. The fourth-order valence-electron chi connectivity index (χ4n) is 1.50. The van der Waals surface area contributed by atoms with Crippen LogP contribution in [0.2, 0.25) is 0 Å². The summed E-state index contributed by atoms with van der Waals surface area (Å²) in [5.74, 6) is -0.110. The third kappa shape index (κ3) is 2.68. The number of carbonyl (C=O) groups excluding carboxylic acids is 1. The molecule has 5 heteroatoms. The first-order valence-corrected chi connectivity index (χ1v) is 6.07. The van der Waals surface area contributed by atoms with Gasteiger partial charge in [-0.25, -0.2) is 0 Å². The molecule has 0 fully saturated rings. The number of rotatable bonds is 3. The highest BCUT2D eigenvalue weighted by molar-refractivity contribution is 7.07. The van der Waals surface area contributed by atoms with E-state index in [-0.39, 0.29) is 5.91 Å². The van der Waals surface area contributed by atoms with Crippen molar-refractivity contribution >= 4 is 17.4 Å². The van der Waals surface area contributed by atoms with Crippen molar-refractivity contribution in [3.8, 4) is 0 Å². The average Bonchev–Trinajstić information content (AvgIpc) is 2.74. The molecule has 2 rings (SSSR count). The fourth-order valence-corrected chi connectivity index (χ4v) is 2.08. The predicted molar refractivity (Wildman–Crippen MR) is 67.0 cm³/mol. The Balaban J connectivity index is 2.02. The fraction of sp³-hybridized carbons (Fsp3) is 0.250. The van der Waals surface area contributed by atoms with Crippen molar-refractivity contribution in [1.82, 2.24) is 14.9 Å². The Kier molecular flexibility index (Phi) is 3.49. The Hall–Kier alpha value is -1.75. The van der Waals surface area contributed by atoms with E-state index >= 15 is 0 Å². The number of hydrogen-bond acceptors (Lipinski definition) is 4. The molecule has 1 heterocycles. The van der Waals surface area contributed by atoms with Gasteiger partial charge in [0.15, 0.2) is 0 Å². The van der Waals surface area contributed by atoms with E-state index in [1.165, 1.54) is 5.56 Å². The zero-order valence-electron chi connectivity index (χ0n) is 9.73. The molecule has 1 N–H and O–H groups in total. The summed E-state index contributed by atoms with van der Waals surface area (Å²) in [5, 5.41) is 6.69. The first-order chi connectivity index (χ1) is 8.18. The van der Waals surface area contributed by atoms with Crippen LogP contribution in [-0.2, 0) is 6.54 Å². The van der Waals surface area contributed by atoms with Crippen molar-refractivity contribution in [2.24, 2.45) is 0 Å². The molecular formula is C12H13N3OS. The lowest BCUT2D eigenvalue weighted by Crippen LogP contribution is -2.22. The molecule has 0 aliphatic heterocycles. The Morgan fingerprint density at radius 1 is 1.35 bits per heavy atom. The maximum atomic E-state index is 11.8.